The molecule has 1 fully saturated rings. The van der Waals surface area contributed by atoms with Gasteiger partial charge >= 0.3 is 0 Å². The van der Waals surface area contributed by atoms with Gasteiger partial charge in [-0.25, -0.2) is 0 Å². The molecule has 26 heavy (non-hydrogen) atoms. The smallest absolute Gasteiger partial charge is 0.261 e. The molecule has 0 spiro atoms. The molecule has 138 valence electrons. The number of benzene rings is 1. The molecular formula is C21H26N2O2S. The summed E-state index contributed by atoms with van der Waals surface area (Å²) in [5.41, 5.74) is 2.37. The lowest BCUT2D eigenvalue weighted by Gasteiger charge is -2.17. The number of likely N-dealkylation sites (tertiary alicyclic amines) is 1. The van der Waals surface area contributed by atoms with Crippen molar-refractivity contribution in [3.05, 3.63) is 57.3 Å². The highest BCUT2D eigenvalue weighted by molar-refractivity contribution is 7.14. The van der Waals surface area contributed by atoms with Gasteiger partial charge in [-0.1, -0.05) is 37.3 Å². The van der Waals surface area contributed by atoms with Crippen molar-refractivity contribution in [1.29, 1.82) is 0 Å². The largest absolute Gasteiger partial charge is 0.347 e. The lowest BCUT2D eigenvalue weighted by Crippen LogP contribution is -2.38. The van der Waals surface area contributed by atoms with Gasteiger partial charge in [-0.2, -0.15) is 0 Å². The van der Waals surface area contributed by atoms with Gasteiger partial charge in [0.1, 0.15) is 0 Å². The third-order valence-corrected chi connectivity index (χ3v) is 6.29. The first kappa shape index (κ1) is 18.6. The molecule has 0 saturated carbocycles. The van der Waals surface area contributed by atoms with Crippen molar-refractivity contribution >= 4 is 23.2 Å². The molecule has 1 atom stereocenters. The summed E-state index contributed by atoms with van der Waals surface area (Å²) in [6.07, 6.45) is 3.07. The van der Waals surface area contributed by atoms with Crippen molar-refractivity contribution in [3.63, 3.8) is 0 Å². The van der Waals surface area contributed by atoms with Crippen molar-refractivity contribution in [2.45, 2.75) is 45.6 Å². The Kier molecular flexibility index (Phi) is 6.09. The van der Waals surface area contributed by atoms with E-state index in [2.05, 4.69) is 19.2 Å². The normalized spacial score (nSPS) is 16.7. The SMILES string of the molecule is CCc1sc(C(=O)NC2CCN(C(=O)CCc3ccccc3)C2)cc1C. The highest BCUT2D eigenvalue weighted by Crippen LogP contribution is 2.23. The summed E-state index contributed by atoms with van der Waals surface area (Å²) in [4.78, 5) is 28.8. The van der Waals surface area contributed by atoms with Gasteiger partial charge in [-0.15, -0.1) is 11.3 Å². The molecule has 4 nitrogen and oxygen atoms in total. The van der Waals surface area contributed by atoms with E-state index in [4.69, 9.17) is 0 Å². The van der Waals surface area contributed by atoms with Crippen LogP contribution in [-0.2, 0) is 17.6 Å². The van der Waals surface area contributed by atoms with Crippen molar-refractivity contribution in [3.8, 4) is 0 Å². The maximum atomic E-state index is 12.5. The molecule has 0 radical (unpaired) electrons. The van der Waals surface area contributed by atoms with Crippen molar-refractivity contribution in [2.24, 2.45) is 0 Å². The van der Waals surface area contributed by atoms with E-state index < -0.39 is 0 Å². The zero-order chi connectivity index (χ0) is 18.5. The first-order valence-electron chi connectivity index (χ1n) is 9.28. The predicted octanol–water partition coefficient (Wildman–Crippen LogP) is 3.58. The molecule has 1 aliphatic heterocycles. The number of hydrogen-bond donors (Lipinski definition) is 1. The number of thiophene rings is 1. The third-order valence-electron chi connectivity index (χ3n) is 4.91. The summed E-state index contributed by atoms with van der Waals surface area (Å²) >= 11 is 1.57. The molecule has 0 bridgehead atoms. The molecular weight excluding hydrogens is 344 g/mol. The van der Waals surface area contributed by atoms with Gasteiger partial charge in [0.15, 0.2) is 0 Å². The second-order valence-corrected chi connectivity index (χ2v) is 7.99. The molecule has 1 aliphatic rings. The number of rotatable bonds is 6. The molecule has 1 saturated heterocycles. The summed E-state index contributed by atoms with van der Waals surface area (Å²) in [5, 5.41) is 3.10. The number of amides is 2. The second-order valence-electron chi connectivity index (χ2n) is 6.85. The Balaban J connectivity index is 1.48. The minimum Gasteiger partial charge on any atom is -0.347 e. The Morgan fingerprint density at radius 1 is 1.27 bits per heavy atom. The number of hydrogen-bond acceptors (Lipinski definition) is 3. The summed E-state index contributed by atoms with van der Waals surface area (Å²) < 4.78 is 0. The van der Waals surface area contributed by atoms with E-state index >= 15 is 0 Å². The molecule has 5 heteroatoms. The predicted molar refractivity (Wildman–Crippen MR) is 106 cm³/mol. The Bertz CT molecular complexity index is 770. The number of carbonyl (C=O) groups is 2. The number of carbonyl (C=O) groups excluding carboxylic acids is 2. The van der Waals surface area contributed by atoms with Gasteiger partial charge in [0, 0.05) is 30.4 Å². The summed E-state index contributed by atoms with van der Waals surface area (Å²) in [6, 6.07) is 12.1. The lowest BCUT2D eigenvalue weighted by atomic mass is 10.1. The Labute approximate surface area is 159 Å². The molecule has 3 rings (SSSR count). The molecule has 1 unspecified atom stereocenters. The van der Waals surface area contributed by atoms with Crippen LogP contribution >= 0.6 is 11.3 Å². The standard InChI is InChI=1S/C21H26N2O2S/c1-3-18-15(2)13-19(26-18)21(25)22-17-11-12-23(14-17)20(24)10-9-16-7-5-4-6-8-16/h4-8,13,17H,3,9-12,14H2,1-2H3,(H,22,25). The molecule has 2 amide bonds. The van der Waals surface area contributed by atoms with Crippen LogP contribution in [0.3, 0.4) is 0 Å². The highest BCUT2D eigenvalue weighted by Gasteiger charge is 2.27. The van der Waals surface area contributed by atoms with Crippen molar-refractivity contribution in [1.82, 2.24) is 10.2 Å². The van der Waals surface area contributed by atoms with E-state index in [1.165, 1.54) is 16.0 Å². The Morgan fingerprint density at radius 3 is 2.73 bits per heavy atom. The zero-order valence-electron chi connectivity index (χ0n) is 15.5. The fraction of sp³-hybridized carbons (Fsp3) is 0.429. The van der Waals surface area contributed by atoms with E-state index in [-0.39, 0.29) is 17.9 Å². The first-order valence-corrected chi connectivity index (χ1v) is 10.1. The van der Waals surface area contributed by atoms with Crippen LogP contribution in [0, 0.1) is 6.92 Å². The van der Waals surface area contributed by atoms with Gasteiger partial charge in [-0.3, -0.25) is 9.59 Å². The lowest BCUT2D eigenvalue weighted by molar-refractivity contribution is -0.130. The highest BCUT2D eigenvalue weighted by atomic mass is 32.1. The molecule has 0 aliphatic carbocycles. The van der Waals surface area contributed by atoms with Crippen LogP contribution in [0.15, 0.2) is 36.4 Å². The van der Waals surface area contributed by atoms with E-state index in [0.717, 1.165) is 30.7 Å². The van der Waals surface area contributed by atoms with Crippen LogP contribution in [0.25, 0.3) is 0 Å². The molecule has 1 aromatic heterocycles. The number of nitrogens with zero attached hydrogens (tertiary/aromatic N) is 1. The average molecular weight is 371 g/mol. The first-order chi connectivity index (χ1) is 12.6. The fourth-order valence-corrected chi connectivity index (χ4v) is 4.41. The maximum Gasteiger partial charge on any atom is 0.261 e. The minimum atomic E-state index is -0.0126. The molecule has 2 aromatic rings. The van der Waals surface area contributed by atoms with Crippen LogP contribution in [0.1, 0.15) is 45.4 Å². The molecule has 1 N–H and O–H groups in total. The summed E-state index contributed by atoms with van der Waals surface area (Å²) in [6.45, 7) is 5.50. The van der Waals surface area contributed by atoms with E-state index in [1.807, 2.05) is 41.3 Å². The topological polar surface area (TPSA) is 49.4 Å². The van der Waals surface area contributed by atoms with Crippen LogP contribution in [0.4, 0.5) is 0 Å². The van der Waals surface area contributed by atoms with Crippen LogP contribution < -0.4 is 5.32 Å². The second kappa shape index (κ2) is 8.49. The summed E-state index contributed by atoms with van der Waals surface area (Å²) in [7, 11) is 0. The van der Waals surface area contributed by atoms with Gasteiger partial charge in [-0.05, 0) is 43.4 Å². The van der Waals surface area contributed by atoms with E-state index in [9.17, 15) is 9.59 Å². The van der Waals surface area contributed by atoms with Crippen LogP contribution in [0.2, 0.25) is 0 Å². The van der Waals surface area contributed by atoms with Crippen LogP contribution in [0.5, 0.6) is 0 Å². The van der Waals surface area contributed by atoms with Gasteiger partial charge in [0.05, 0.1) is 4.88 Å². The minimum absolute atomic E-state index is 0.0126. The number of aryl methyl sites for hydroxylation is 3. The Morgan fingerprint density at radius 2 is 2.04 bits per heavy atom. The fourth-order valence-electron chi connectivity index (χ4n) is 3.40. The van der Waals surface area contributed by atoms with E-state index in [1.54, 1.807) is 11.3 Å². The van der Waals surface area contributed by atoms with Gasteiger partial charge < -0.3 is 10.2 Å². The monoisotopic (exact) mass is 370 g/mol. The molecule has 2 heterocycles. The maximum absolute atomic E-state index is 12.5. The van der Waals surface area contributed by atoms with E-state index in [0.29, 0.717) is 13.0 Å². The third kappa shape index (κ3) is 4.52. The summed E-state index contributed by atoms with van der Waals surface area (Å²) in [5.74, 6) is 0.159. The van der Waals surface area contributed by atoms with Crippen molar-refractivity contribution in [2.75, 3.05) is 13.1 Å². The quantitative estimate of drug-likeness (QED) is 0.845. The van der Waals surface area contributed by atoms with Crippen LogP contribution in [-0.4, -0.2) is 35.8 Å². The molecule has 1 aromatic carbocycles. The average Bonchev–Trinajstić information content (AvgIpc) is 3.27. The van der Waals surface area contributed by atoms with Crippen molar-refractivity contribution < 1.29 is 9.59 Å². The Hall–Kier alpha value is -2.14. The van der Waals surface area contributed by atoms with Gasteiger partial charge in [0.2, 0.25) is 5.91 Å². The number of nitrogens with one attached hydrogen (secondary N) is 1. The zero-order valence-corrected chi connectivity index (χ0v) is 16.3. The van der Waals surface area contributed by atoms with Gasteiger partial charge in [0.25, 0.3) is 5.91 Å².